The van der Waals surface area contributed by atoms with Gasteiger partial charge in [0, 0.05) is 6.42 Å². The fourth-order valence-electron chi connectivity index (χ4n) is 3.11. The number of aliphatic hydroxyl groups is 1. The van der Waals surface area contributed by atoms with Crippen molar-refractivity contribution in [2.45, 2.75) is 50.8 Å². The lowest BCUT2D eigenvalue weighted by Crippen LogP contribution is -2.42. The molecule has 7 heteroatoms. The van der Waals surface area contributed by atoms with Gasteiger partial charge in [0.15, 0.2) is 0 Å². The first kappa shape index (κ1) is 18.4. The van der Waals surface area contributed by atoms with Gasteiger partial charge in [-0.25, -0.2) is 0 Å². The van der Waals surface area contributed by atoms with Crippen LogP contribution in [0.25, 0.3) is 0 Å². The minimum absolute atomic E-state index is 0.0931. The van der Waals surface area contributed by atoms with Gasteiger partial charge >= 0.3 is 6.18 Å². The van der Waals surface area contributed by atoms with Crippen LogP contribution in [0.2, 0.25) is 0 Å². The summed E-state index contributed by atoms with van der Waals surface area (Å²) in [6, 6.07) is 7.18. The van der Waals surface area contributed by atoms with E-state index in [9.17, 15) is 27.9 Å². The van der Waals surface area contributed by atoms with E-state index in [-0.39, 0.29) is 6.42 Å². The molecule has 1 aliphatic heterocycles. The van der Waals surface area contributed by atoms with Crippen LogP contribution in [0.3, 0.4) is 0 Å². The van der Waals surface area contributed by atoms with Crippen molar-refractivity contribution in [1.82, 2.24) is 4.90 Å². The molecule has 1 heterocycles. The fourth-order valence-corrected chi connectivity index (χ4v) is 3.11. The number of amides is 2. The summed E-state index contributed by atoms with van der Waals surface area (Å²) in [6.07, 6.45) is -7.56. The zero-order valence-electron chi connectivity index (χ0n) is 13.6. The number of rotatable bonds is 5. The number of carbonyl (C=O) groups is 2. The van der Waals surface area contributed by atoms with Crippen molar-refractivity contribution >= 4 is 11.8 Å². The molecule has 24 heavy (non-hydrogen) atoms. The second-order valence-corrected chi connectivity index (χ2v) is 6.26. The van der Waals surface area contributed by atoms with E-state index in [1.165, 1.54) is 0 Å². The quantitative estimate of drug-likeness (QED) is 0.837. The Bertz CT molecular complexity index is 627. The van der Waals surface area contributed by atoms with Gasteiger partial charge in [0.05, 0.1) is 24.5 Å². The molecule has 0 spiro atoms. The average molecular weight is 343 g/mol. The van der Waals surface area contributed by atoms with E-state index >= 15 is 0 Å². The van der Waals surface area contributed by atoms with E-state index in [0.29, 0.717) is 12.0 Å². The topological polar surface area (TPSA) is 57.6 Å². The molecule has 0 aromatic heterocycles. The Hall–Kier alpha value is -1.89. The van der Waals surface area contributed by atoms with Crippen molar-refractivity contribution < 1.29 is 27.9 Å². The number of carbonyl (C=O) groups excluding carboxylic acids is 2. The van der Waals surface area contributed by atoms with E-state index in [2.05, 4.69) is 0 Å². The van der Waals surface area contributed by atoms with Crippen LogP contribution < -0.4 is 0 Å². The molecular formula is C17H20F3NO3. The highest BCUT2D eigenvalue weighted by molar-refractivity contribution is 6.09. The van der Waals surface area contributed by atoms with Crippen LogP contribution >= 0.6 is 0 Å². The van der Waals surface area contributed by atoms with Crippen LogP contribution in [0.5, 0.6) is 0 Å². The SMILES string of the molecule is CC[C@@]1(c2ccc(C)cc2)CC(=O)N(C[C@@H](O)CC(F)(F)F)C1=O. The summed E-state index contributed by atoms with van der Waals surface area (Å²) in [5, 5.41) is 9.56. The molecule has 2 amide bonds. The number of imide groups is 1. The Balaban J connectivity index is 2.24. The molecule has 2 atom stereocenters. The predicted molar refractivity (Wildman–Crippen MR) is 81.2 cm³/mol. The normalized spacial score (nSPS) is 23.0. The number of aryl methyl sites for hydroxylation is 1. The maximum atomic E-state index is 12.8. The molecular weight excluding hydrogens is 323 g/mol. The summed E-state index contributed by atoms with van der Waals surface area (Å²) < 4.78 is 37.0. The van der Waals surface area contributed by atoms with Crippen LogP contribution in [0.1, 0.15) is 37.3 Å². The summed E-state index contributed by atoms with van der Waals surface area (Å²) in [5.74, 6) is -1.09. The van der Waals surface area contributed by atoms with Crippen molar-refractivity contribution in [2.75, 3.05) is 6.54 Å². The third-order valence-electron chi connectivity index (χ3n) is 4.48. The van der Waals surface area contributed by atoms with E-state index < -0.39 is 42.5 Å². The van der Waals surface area contributed by atoms with Gasteiger partial charge in [-0.05, 0) is 18.9 Å². The molecule has 0 aliphatic carbocycles. The first-order chi connectivity index (χ1) is 11.1. The number of hydrogen-bond donors (Lipinski definition) is 1. The van der Waals surface area contributed by atoms with Gasteiger partial charge in [0.2, 0.25) is 11.8 Å². The Kier molecular flexibility index (Phi) is 5.03. The molecule has 1 aromatic carbocycles. The Morgan fingerprint density at radius 3 is 2.33 bits per heavy atom. The third kappa shape index (κ3) is 3.61. The van der Waals surface area contributed by atoms with Crippen molar-refractivity contribution in [3.8, 4) is 0 Å². The largest absolute Gasteiger partial charge is 0.391 e. The second-order valence-electron chi connectivity index (χ2n) is 6.26. The second kappa shape index (κ2) is 6.55. The predicted octanol–water partition coefficient (Wildman–Crippen LogP) is 2.72. The summed E-state index contributed by atoms with van der Waals surface area (Å²) >= 11 is 0. The highest BCUT2D eigenvalue weighted by atomic mass is 19.4. The lowest BCUT2D eigenvalue weighted by atomic mass is 9.76. The minimum Gasteiger partial charge on any atom is -0.391 e. The van der Waals surface area contributed by atoms with Crippen molar-refractivity contribution in [1.29, 1.82) is 0 Å². The summed E-state index contributed by atoms with van der Waals surface area (Å²) in [5.41, 5.74) is 0.601. The van der Waals surface area contributed by atoms with Crippen molar-refractivity contribution in [3.63, 3.8) is 0 Å². The standard InChI is InChI=1S/C17H20F3NO3/c1-3-16(12-6-4-11(2)5-7-12)9-14(23)21(15(16)24)10-13(22)8-17(18,19)20/h4-7,13,22H,3,8-10H2,1-2H3/t13-,16-/m0/s1. The molecule has 0 unspecified atom stereocenters. The van der Waals surface area contributed by atoms with Gasteiger partial charge in [0.25, 0.3) is 0 Å². The monoisotopic (exact) mass is 343 g/mol. The van der Waals surface area contributed by atoms with Gasteiger partial charge in [-0.3, -0.25) is 14.5 Å². The first-order valence-electron chi connectivity index (χ1n) is 7.76. The highest BCUT2D eigenvalue weighted by Crippen LogP contribution is 2.40. The number of β-amino-alcohol motifs (C(OH)–C–C–N with tert-alkyl or cyclic N) is 1. The smallest absolute Gasteiger partial charge is 0.391 e. The first-order valence-corrected chi connectivity index (χ1v) is 7.76. The molecule has 1 N–H and O–H groups in total. The van der Waals surface area contributed by atoms with E-state index in [1.54, 1.807) is 19.1 Å². The highest BCUT2D eigenvalue weighted by Gasteiger charge is 2.52. The molecule has 1 saturated heterocycles. The van der Waals surface area contributed by atoms with Crippen molar-refractivity contribution in [3.05, 3.63) is 35.4 Å². The molecule has 1 fully saturated rings. The fraction of sp³-hybridized carbons (Fsp3) is 0.529. The molecule has 0 bridgehead atoms. The van der Waals surface area contributed by atoms with Gasteiger partial charge in [-0.1, -0.05) is 36.8 Å². The number of benzene rings is 1. The van der Waals surface area contributed by atoms with E-state index in [4.69, 9.17) is 0 Å². The summed E-state index contributed by atoms with van der Waals surface area (Å²) in [6.45, 7) is 3.02. The Morgan fingerprint density at radius 1 is 1.25 bits per heavy atom. The number of nitrogens with zero attached hydrogens (tertiary/aromatic N) is 1. The maximum Gasteiger partial charge on any atom is 0.391 e. The van der Waals surface area contributed by atoms with E-state index in [0.717, 1.165) is 10.5 Å². The molecule has 2 rings (SSSR count). The van der Waals surface area contributed by atoms with Crippen LogP contribution in [-0.2, 0) is 15.0 Å². The van der Waals surface area contributed by atoms with Gasteiger partial charge in [-0.15, -0.1) is 0 Å². The lowest BCUT2D eigenvalue weighted by Gasteiger charge is -2.27. The third-order valence-corrected chi connectivity index (χ3v) is 4.48. The van der Waals surface area contributed by atoms with Gasteiger partial charge in [0.1, 0.15) is 0 Å². The van der Waals surface area contributed by atoms with Crippen LogP contribution in [-0.4, -0.2) is 40.6 Å². The molecule has 4 nitrogen and oxygen atoms in total. The number of alkyl halides is 3. The lowest BCUT2D eigenvalue weighted by molar-refractivity contribution is -0.160. The number of aliphatic hydroxyl groups excluding tert-OH is 1. The number of likely N-dealkylation sites (tertiary alicyclic amines) is 1. The molecule has 0 radical (unpaired) electrons. The zero-order valence-corrected chi connectivity index (χ0v) is 13.6. The Labute approximate surface area is 138 Å². The molecule has 1 aliphatic rings. The summed E-state index contributed by atoms with van der Waals surface area (Å²) in [7, 11) is 0. The number of halogens is 3. The Morgan fingerprint density at radius 2 is 1.83 bits per heavy atom. The average Bonchev–Trinajstić information content (AvgIpc) is 2.71. The zero-order chi connectivity index (χ0) is 18.1. The van der Waals surface area contributed by atoms with Crippen LogP contribution in [0.15, 0.2) is 24.3 Å². The minimum atomic E-state index is -4.55. The van der Waals surface area contributed by atoms with E-state index in [1.807, 2.05) is 19.1 Å². The van der Waals surface area contributed by atoms with Gasteiger partial charge < -0.3 is 5.11 Å². The van der Waals surface area contributed by atoms with Gasteiger partial charge in [-0.2, -0.15) is 13.2 Å². The van der Waals surface area contributed by atoms with Crippen LogP contribution in [0.4, 0.5) is 13.2 Å². The summed E-state index contributed by atoms with van der Waals surface area (Å²) in [4.78, 5) is 25.7. The molecule has 1 aromatic rings. The van der Waals surface area contributed by atoms with Crippen molar-refractivity contribution in [2.24, 2.45) is 0 Å². The molecule has 132 valence electrons. The molecule has 0 saturated carbocycles. The number of hydrogen-bond acceptors (Lipinski definition) is 3. The maximum absolute atomic E-state index is 12.8. The van der Waals surface area contributed by atoms with Crippen LogP contribution in [0, 0.1) is 6.92 Å².